The predicted octanol–water partition coefficient (Wildman–Crippen LogP) is 2.98. The molecular weight excluding hydrogens is 364 g/mol. The number of nitrogens with two attached hydrogens (primary N) is 1. The van der Waals surface area contributed by atoms with E-state index in [1.807, 2.05) is 35.8 Å². The molecular formula is C20H23ClN4O2. The number of nitrogens with one attached hydrogen (secondary N) is 1. The maximum Gasteiger partial charge on any atom is 0.240 e. The third-order valence-electron chi connectivity index (χ3n) is 4.27. The molecule has 1 amide bonds. The third kappa shape index (κ3) is 4.99. The predicted molar refractivity (Wildman–Crippen MR) is 107 cm³/mol. The van der Waals surface area contributed by atoms with Gasteiger partial charge in [-0.05, 0) is 48.9 Å². The van der Waals surface area contributed by atoms with E-state index in [1.165, 1.54) is 0 Å². The van der Waals surface area contributed by atoms with E-state index >= 15 is 0 Å². The Morgan fingerprint density at radius 1 is 1.26 bits per heavy atom. The molecule has 6 nitrogen and oxygen atoms in total. The zero-order valence-corrected chi connectivity index (χ0v) is 15.9. The molecule has 3 aromatic rings. The average Bonchev–Trinajstić information content (AvgIpc) is 3.03. The van der Waals surface area contributed by atoms with E-state index in [0.29, 0.717) is 29.7 Å². The standard InChI is InChI=1S/C20H23ClN4O2/c1-14(10-22)11-23-20(26)12-25-18-5-3-2-4-17(18)24-19(25)13-27-16-8-6-15(21)7-9-16/h2-9,14H,10-13,22H2,1H3,(H,23,26). The number of nitrogens with zero attached hydrogens (tertiary/aromatic N) is 2. The summed E-state index contributed by atoms with van der Waals surface area (Å²) in [4.78, 5) is 17.0. The van der Waals surface area contributed by atoms with Crippen LogP contribution < -0.4 is 15.8 Å². The largest absolute Gasteiger partial charge is 0.486 e. The van der Waals surface area contributed by atoms with Crippen LogP contribution in [0.1, 0.15) is 12.7 Å². The Kier molecular flexibility index (Phi) is 6.32. The highest BCUT2D eigenvalue weighted by molar-refractivity contribution is 6.30. The first-order chi connectivity index (χ1) is 13.1. The molecule has 0 spiro atoms. The lowest BCUT2D eigenvalue weighted by Gasteiger charge is -2.13. The van der Waals surface area contributed by atoms with Gasteiger partial charge in [0.25, 0.3) is 0 Å². The molecule has 1 aromatic heterocycles. The summed E-state index contributed by atoms with van der Waals surface area (Å²) in [6.07, 6.45) is 0. The van der Waals surface area contributed by atoms with E-state index in [4.69, 9.17) is 22.1 Å². The Bertz CT molecular complexity index is 908. The van der Waals surface area contributed by atoms with Crippen LogP contribution in [0.2, 0.25) is 5.02 Å². The van der Waals surface area contributed by atoms with Gasteiger partial charge in [0.2, 0.25) is 5.91 Å². The summed E-state index contributed by atoms with van der Waals surface area (Å²) in [6.45, 7) is 3.52. The molecule has 142 valence electrons. The maximum absolute atomic E-state index is 12.4. The Morgan fingerprint density at radius 2 is 2.00 bits per heavy atom. The minimum atomic E-state index is -0.0776. The van der Waals surface area contributed by atoms with Crippen molar-refractivity contribution in [3.05, 3.63) is 59.4 Å². The van der Waals surface area contributed by atoms with Crippen molar-refractivity contribution in [1.29, 1.82) is 0 Å². The van der Waals surface area contributed by atoms with Gasteiger partial charge in [-0.25, -0.2) is 4.98 Å². The Morgan fingerprint density at radius 3 is 2.74 bits per heavy atom. The minimum Gasteiger partial charge on any atom is -0.486 e. The van der Waals surface area contributed by atoms with E-state index in [0.717, 1.165) is 11.0 Å². The van der Waals surface area contributed by atoms with Gasteiger partial charge in [0.1, 0.15) is 24.7 Å². The molecule has 2 aromatic carbocycles. The second-order valence-electron chi connectivity index (χ2n) is 6.49. The van der Waals surface area contributed by atoms with Crippen molar-refractivity contribution in [3.63, 3.8) is 0 Å². The van der Waals surface area contributed by atoms with Gasteiger partial charge in [-0.15, -0.1) is 0 Å². The number of halogens is 1. The van der Waals surface area contributed by atoms with E-state index in [2.05, 4.69) is 10.3 Å². The molecule has 0 saturated heterocycles. The number of ether oxygens (including phenoxy) is 1. The van der Waals surface area contributed by atoms with Gasteiger partial charge in [-0.3, -0.25) is 4.79 Å². The van der Waals surface area contributed by atoms with E-state index in [1.54, 1.807) is 24.3 Å². The van der Waals surface area contributed by atoms with Crippen molar-refractivity contribution in [2.24, 2.45) is 11.7 Å². The summed E-state index contributed by atoms with van der Waals surface area (Å²) < 4.78 is 7.71. The van der Waals surface area contributed by atoms with Crippen LogP contribution in [0.25, 0.3) is 11.0 Å². The number of carbonyl (C=O) groups is 1. The van der Waals surface area contributed by atoms with Gasteiger partial charge in [-0.2, -0.15) is 0 Å². The first-order valence-electron chi connectivity index (χ1n) is 8.86. The smallest absolute Gasteiger partial charge is 0.240 e. The highest BCUT2D eigenvalue weighted by Gasteiger charge is 2.14. The molecule has 1 unspecified atom stereocenters. The lowest BCUT2D eigenvalue weighted by atomic mass is 10.2. The van der Waals surface area contributed by atoms with Crippen LogP contribution in [-0.4, -0.2) is 28.5 Å². The molecule has 0 aliphatic carbocycles. The second kappa shape index (κ2) is 8.88. The van der Waals surface area contributed by atoms with Crippen molar-refractivity contribution in [2.75, 3.05) is 13.1 Å². The normalized spacial score (nSPS) is 12.1. The van der Waals surface area contributed by atoms with Crippen molar-refractivity contribution in [1.82, 2.24) is 14.9 Å². The molecule has 3 N–H and O–H groups in total. The number of imidazole rings is 1. The Labute approximate surface area is 163 Å². The summed E-state index contributed by atoms with van der Waals surface area (Å²) in [7, 11) is 0. The monoisotopic (exact) mass is 386 g/mol. The molecule has 0 aliphatic heterocycles. The van der Waals surface area contributed by atoms with E-state index < -0.39 is 0 Å². The number of amides is 1. The number of benzene rings is 2. The minimum absolute atomic E-state index is 0.0776. The van der Waals surface area contributed by atoms with Crippen LogP contribution in [0.3, 0.4) is 0 Å². The number of fused-ring (bicyclic) bond motifs is 1. The number of hydrogen-bond acceptors (Lipinski definition) is 4. The molecule has 1 heterocycles. The summed E-state index contributed by atoms with van der Waals surface area (Å²) in [5, 5.41) is 3.57. The molecule has 0 fully saturated rings. The lowest BCUT2D eigenvalue weighted by molar-refractivity contribution is -0.121. The van der Waals surface area contributed by atoms with Crippen LogP contribution in [0.15, 0.2) is 48.5 Å². The molecule has 0 saturated carbocycles. The Balaban J connectivity index is 1.76. The quantitative estimate of drug-likeness (QED) is 0.623. The van der Waals surface area contributed by atoms with Gasteiger partial charge in [-0.1, -0.05) is 30.7 Å². The fraction of sp³-hybridized carbons (Fsp3) is 0.300. The molecule has 0 bridgehead atoms. The summed E-state index contributed by atoms with van der Waals surface area (Å²) >= 11 is 5.90. The van der Waals surface area contributed by atoms with Crippen molar-refractivity contribution in [3.8, 4) is 5.75 Å². The number of para-hydroxylation sites is 2. The highest BCUT2D eigenvalue weighted by atomic mass is 35.5. The highest BCUT2D eigenvalue weighted by Crippen LogP contribution is 2.20. The van der Waals surface area contributed by atoms with E-state index in [9.17, 15) is 4.79 Å². The van der Waals surface area contributed by atoms with Crippen LogP contribution in [0.4, 0.5) is 0 Å². The van der Waals surface area contributed by atoms with Crippen LogP contribution in [0, 0.1) is 5.92 Å². The topological polar surface area (TPSA) is 82.2 Å². The fourth-order valence-electron chi connectivity index (χ4n) is 2.66. The summed E-state index contributed by atoms with van der Waals surface area (Å²) in [5.41, 5.74) is 7.33. The summed E-state index contributed by atoms with van der Waals surface area (Å²) in [6, 6.07) is 14.9. The molecule has 7 heteroatoms. The molecule has 1 atom stereocenters. The summed E-state index contributed by atoms with van der Waals surface area (Å²) in [5.74, 6) is 1.54. The molecule has 3 rings (SSSR count). The van der Waals surface area contributed by atoms with Crippen LogP contribution >= 0.6 is 11.6 Å². The molecule has 0 radical (unpaired) electrons. The van der Waals surface area contributed by atoms with Gasteiger partial charge in [0.15, 0.2) is 0 Å². The van der Waals surface area contributed by atoms with Crippen molar-refractivity contribution < 1.29 is 9.53 Å². The van der Waals surface area contributed by atoms with E-state index in [-0.39, 0.29) is 25.0 Å². The number of carbonyl (C=O) groups excluding carboxylic acids is 1. The van der Waals surface area contributed by atoms with Crippen molar-refractivity contribution >= 4 is 28.5 Å². The van der Waals surface area contributed by atoms with Gasteiger partial charge in [0, 0.05) is 11.6 Å². The average molecular weight is 387 g/mol. The first kappa shape index (κ1) is 19.2. The SMILES string of the molecule is CC(CN)CNC(=O)Cn1c(COc2ccc(Cl)cc2)nc2ccccc21. The number of aromatic nitrogens is 2. The van der Waals surface area contributed by atoms with Crippen molar-refractivity contribution in [2.45, 2.75) is 20.1 Å². The zero-order valence-electron chi connectivity index (χ0n) is 15.2. The van der Waals surface area contributed by atoms with Crippen LogP contribution in [-0.2, 0) is 17.9 Å². The van der Waals surface area contributed by atoms with Crippen LogP contribution in [0.5, 0.6) is 5.75 Å². The first-order valence-corrected chi connectivity index (χ1v) is 9.24. The number of hydrogen-bond donors (Lipinski definition) is 2. The third-order valence-corrected chi connectivity index (χ3v) is 4.52. The maximum atomic E-state index is 12.4. The van der Waals surface area contributed by atoms with Gasteiger partial charge in [0.05, 0.1) is 11.0 Å². The second-order valence-corrected chi connectivity index (χ2v) is 6.93. The fourth-order valence-corrected chi connectivity index (χ4v) is 2.79. The van der Waals surface area contributed by atoms with Gasteiger partial charge < -0.3 is 20.4 Å². The zero-order chi connectivity index (χ0) is 19.2. The molecule has 0 aliphatic rings. The molecule has 27 heavy (non-hydrogen) atoms. The van der Waals surface area contributed by atoms with Gasteiger partial charge >= 0.3 is 0 Å². The Hall–Kier alpha value is -2.57. The lowest BCUT2D eigenvalue weighted by Crippen LogP contribution is -2.34. The number of rotatable bonds is 8.